The normalized spacial score (nSPS) is 24.8. The van der Waals surface area contributed by atoms with Crippen LogP contribution >= 0.6 is 0 Å². The Morgan fingerprint density at radius 1 is 1.21 bits per heavy atom. The largest absolute Gasteiger partial charge is 0.294 e. The van der Waals surface area contributed by atoms with Crippen molar-refractivity contribution in [1.29, 1.82) is 0 Å². The quantitative estimate of drug-likeness (QED) is 0.652. The lowest BCUT2D eigenvalue weighted by Crippen LogP contribution is -2.03. The topological polar surface area (TPSA) is 17.1 Å². The van der Waals surface area contributed by atoms with Gasteiger partial charge in [0.05, 0.1) is 0 Å². The van der Waals surface area contributed by atoms with Crippen molar-refractivity contribution in [2.75, 3.05) is 0 Å². The molecule has 1 nitrogen and oxygen atoms in total. The number of Topliss-reactive ketones (excluding diaryl/α,β-unsaturated/α-hetero) is 1. The highest BCUT2D eigenvalue weighted by Crippen LogP contribution is 2.40. The highest BCUT2D eigenvalue weighted by molar-refractivity contribution is 5.99. The molecule has 0 N–H and O–H groups in total. The zero-order valence-electron chi connectivity index (χ0n) is 9.00. The van der Waals surface area contributed by atoms with Gasteiger partial charge in [0.25, 0.3) is 0 Å². The average Bonchev–Trinajstić information content (AvgIpc) is 2.79. The van der Waals surface area contributed by atoms with Gasteiger partial charge in [0.2, 0.25) is 0 Å². The first kappa shape index (κ1) is 9.45. The van der Waals surface area contributed by atoms with Crippen LogP contribution in [0.3, 0.4) is 0 Å². The zero-order chi connectivity index (χ0) is 10.3. The molecular formula is C13H16O. The molecule has 2 rings (SSSR count). The van der Waals surface area contributed by atoms with Gasteiger partial charge in [-0.15, -0.1) is 0 Å². The zero-order valence-corrected chi connectivity index (χ0v) is 9.00. The van der Waals surface area contributed by atoms with Gasteiger partial charge in [0.15, 0.2) is 5.78 Å². The first-order chi connectivity index (χ1) is 6.58. The Kier molecular flexibility index (Phi) is 2.18. The summed E-state index contributed by atoms with van der Waals surface area (Å²) >= 11 is 0. The summed E-state index contributed by atoms with van der Waals surface area (Å²) in [7, 11) is 0. The number of carbonyl (C=O) groups is 1. The maximum Gasteiger partial charge on any atom is 0.166 e. The molecule has 1 heteroatoms. The number of rotatable bonds is 2. The van der Waals surface area contributed by atoms with Crippen LogP contribution in [0.15, 0.2) is 18.2 Å². The van der Waals surface area contributed by atoms with Crippen molar-refractivity contribution in [3.8, 4) is 0 Å². The fraction of sp³-hybridized carbons (Fsp3) is 0.462. The summed E-state index contributed by atoms with van der Waals surface area (Å²) in [4.78, 5) is 11.9. The summed E-state index contributed by atoms with van der Waals surface area (Å²) in [5.41, 5.74) is 3.26. The van der Waals surface area contributed by atoms with E-state index >= 15 is 0 Å². The fourth-order valence-corrected chi connectivity index (χ4v) is 2.02. The van der Waals surface area contributed by atoms with Crippen molar-refractivity contribution in [2.24, 2.45) is 11.8 Å². The van der Waals surface area contributed by atoms with Crippen LogP contribution in [0.25, 0.3) is 0 Å². The molecule has 1 aromatic carbocycles. The number of hydrogen-bond donors (Lipinski definition) is 0. The van der Waals surface area contributed by atoms with Crippen LogP contribution in [0.1, 0.15) is 34.8 Å². The molecule has 2 atom stereocenters. The molecule has 14 heavy (non-hydrogen) atoms. The summed E-state index contributed by atoms with van der Waals surface area (Å²) in [6.45, 7) is 6.23. The lowest BCUT2D eigenvalue weighted by Gasteiger charge is -2.03. The second-order valence-corrected chi connectivity index (χ2v) is 4.56. The van der Waals surface area contributed by atoms with Crippen LogP contribution in [0, 0.1) is 25.7 Å². The van der Waals surface area contributed by atoms with E-state index in [0.29, 0.717) is 17.6 Å². The molecule has 0 amide bonds. The minimum Gasteiger partial charge on any atom is -0.294 e. The van der Waals surface area contributed by atoms with E-state index in [1.807, 2.05) is 26.0 Å². The Hall–Kier alpha value is -1.11. The predicted octanol–water partition coefficient (Wildman–Crippen LogP) is 3.14. The monoisotopic (exact) mass is 188 g/mol. The summed E-state index contributed by atoms with van der Waals surface area (Å²) < 4.78 is 0. The van der Waals surface area contributed by atoms with Gasteiger partial charge in [0.1, 0.15) is 0 Å². The maximum absolute atomic E-state index is 11.9. The van der Waals surface area contributed by atoms with Crippen LogP contribution < -0.4 is 0 Å². The maximum atomic E-state index is 11.9. The summed E-state index contributed by atoms with van der Waals surface area (Å²) in [5.74, 6) is 1.24. The van der Waals surface area contributed by atoms with Crippen LogP contribution in [-0.2, 0) is 0 Å². The fourth-order valence-electron chi connectivity index (χ4n) is 2.02. The van der Waals surface area contributed by atoms with Crippen LogP contribution in [0.2, 0.25) is 0 Å². The minimum absolute atomic E-state index is 0.302. The predicted molar refractivity (Wildman–Crippen MR) is 57.5 cm³/mol. The Bertz CT molecular complexity index is 359. The van der Waals surface area contributed by atoms with Crippen LogP contribution in [0.4, 0.5) is 0 Å². The molecule has 2 unspecified atom stereocenters. The first-order valence-corrected chi connectivity index (χ1v) is 5.20. The van der Waals surface area contributed by atoms with Gasteiger partial charge in [-0.25, -0.2) is 0 Å². The third-order valence-electron chi connectivity index (χ3n) is 2.95. The molecule has 0 saturated heterocycles. The standard InChI is InChI=1S/C13H16O/c1-8-4-9(2)6-11(5-8)13(14)12-7-10(12)3/h4-6,10,12H,7H2,1-3H3. The van der Waals surface area contributed by atoms with E-state index in [9.17, 15) is 4.79 Å². The Balaban J connectivity index is 2.27. The Morgan fingerprint density at radius 3 is 2.14 bits per heavy atom. The van der Waals surface area contributed by atoms with Gasteiger partial charge < -0.3 is 0 Å². The van der Waals surface area contributed by atoms with Crippen molar-refractivity contribution in [3.05, 3.63) is 34.9 Å². The first-order valence-electron chi connectivity index (χ1n) is 5.20. The van der Waals surface area contributed by atoms with Crippen molar-refractivity contribution in [2.45, 2.75) is 27.2 Å². The molecule has 0 spiro atoms. The third kappa shape index (κ3) is 1.72. The van der Waals surface area contributed by atoms with Crippen molar-refractivity contribution >= 4 is 5.78 Å². The SMILES string of the molecule is Cc1cc(C)cc(C(=O)C2CC2C)c1. The van der Waals surface area contributed by atoms with Gasteiger partial charge in [-0.3, -0.25) is 4.79 Å². The number of carbonyl (C=O) groups excluding carboxylic acids is 1. The molecule has 1 aliphatic rings. The Labute approximate surface area is 85.1 Å². The van der Waals surface area contributed by atoms with Gasteiger partial charge in [-0.1, -0.05) is 24.1 Å². The molecule has 0 bridgehead atoms. The molecule has 1 saturated carbocycles. The van der Waals surface area contributed by atoms with E-state index in [0.717, 1.165) is 12.0 Å². The van der Waals surface area contributed by atoms with E-state index < -0.39 is 0 Å². The molecule has 0 heterocycles. The van der Waals surface area contributed by atoms with Crippen molar-refractivity contribution < 1.29 is 4.79 Å². The number of hydrogen-bond acceptors (Lipinski definition) is 1. The van der Waals surface area contributed by atoms with Crippen LogP contribution in [-0.4, -0.2) is 5.78 Å². The lowest BCUT2D eigenvalue weighted by molar-refractivity contribution is 0.0962. The van der Waals surface area contributed by atoms with Crippen LogP contribution in [0.5, 0.6) is 0 Å². The van der Waals surface area contributed by atoms with Crippen molar-refractivity contribution in [3.63, 3.8) is 0 Å². The second-order valence-electron chi connectivity index (χ2n) is 4.56. The molecule has 0 radical (unpaired) electrons. The third-order valence-corrected chi connectivity index (χ3v) is 2.95. The minimum atomic E-state index is 0.302. The van der Waals surface area contributed by atoms with E-state index in [-0.39, 0.29) is 0 Å². The molecule has 1 aliphatic carbocycles. The summed E-state index contributed by atoms with van der Waals surface area (Å²) in [5, 5.41) is 0. The number of benzene rings is 1. The van der Waals surface area contributed by atoms with Gasteiger partial charge in [-0.05, 0) is 38.3 Å². The second kappa shape index (κ2) is 3.23. The molecule has 1 fully saturated rings. The molecular weight excluding hydrogens is 172 g/mol. The average molecular weight is 188 g/mol. The van der Waals surface area contributed by atoms with Crippen molar-refractivity contribution in [1.82, 2.24) is 0 Å². The summed E-state index contributed by atoms with van der Waals surface area (Å²) in [6.07, 6.45) is 1.08. The molecule has 74 valence electrons. The molecule has 0 aromatic heterocycles. The number of ketones is 1. The molecule has 1 aromatic rings. The van der Waals surface area contributed by atoms with Gasteiger partial charge >= 0.3 is 0 Å². The van der Waals surface area contributed by atoms with E-state index in [2.05, 4.69) is 13.0 Å². The smallest absolute Gasteiger partial charge is 0.166 e. The van der Waals surface area contributed by atoms with E-state index in [1.165, 1.54) is 11.1 Å². The number of aryl methyl sites for hydroxylation is 2. The highest BCUT2D eigenvalue weighted by Gasteiger charge is 2.39. The molecule has 0 aliphatic heterocycles. The van der Waals surface area contributed by atoms with Gasteiger partial charge in [0, 0.05) is 11.5 Å². The van der Waals surface area contributed by atoms with E-state index in [4.69, 9.17) is 0 Å². The lowest BCUT2D eigenvalue weighted by atomic mass is 10.0. The van der Waals surface area contributed by atoms with Gasteiger partial charge in [-0.2, -0.15) is 0 Å². The van der Waals surface area contributed by atoms with E-state index in [1.54, 1.807) is 0 Å². The highest BCUT2D eigenvalue weighted by atomic mass is 16.1. The Morgan fingerprint density at radius 2 is 1.71 bits per heavy atom. The summed E-state index contributed by atoms with van der Waals surface area (Å²) in [6, 6.07) is 6.11.